The van der Waals surface area contributed by atoms with Gasteiger partial charge in [0, 0.05) is 18.3 Å². The monoisotopic (exact) mass is 356 g/mol. The fraction of sp³-hybridized carbons (Fsp3) is 0.562. The van der Waals surface area contributed by atoms with E-state index in [9.17, 15) is 13.2 Å². The van der Waals surface area contributed by atoms with Crippen molar-refractivity contribution in [3.63, 3.8) is 0 Å². The van der Waals surface area contributed by atoms with Crippen molar-refractivity contribution in [3.8, 4) is 0 Å². The van der Waals surface area contributed by atoms with E-state index in [0.29, 0.717) is 18.2 Å². The van der Waals surface area contributed by atoms with Crippen molar-refractivity contribution >= 4 is 21.7 Å². The molecule has 0 bridgehead atoms. The largest absolute Gasteiger partial charge is 0.336 e. The van der Waals surface area contributed by atoms with E-state index in [2.05, 4.69) is 29.4 Å². The van der Waals surface area contributed by atoms with Crippen molar-refractivity contribution < 1.29 is 13.2 Å². The molecule has 0 aliphatic carbocycles. The van der Waals surface area contributed by atoms with Crippen LogP contribution in [-0.2, 0) is 10.0 Å². The van der Waals surface area contributed by atoms with Gasteiger partial charge < -0.3 is 15.5 Å². The second-order valence-corrected chi connectivity index (χ2v) is 7.57. The highest BCUT2D eigenvalue weighted by atomic mass is 32.2. The van der Waals surface area contributed by atoms with Crippen molar-refractivity contribution in [2.24, 2.45) is 11.1 Å². The zero-order valence-corrected chi connectivity index (χ0v) is 15.6. The minimum atomic E-state index is -3.73. The third-order valence-electron chi connectivity index (χ3n) is 4.17. The predicted octanol–water partition coefficient (Wildman–Crippen LogP) is 1.82. The van der Waals surface area contributed by atoms with Crippen molar-refractivity contribution in [1.29, 1.82) is 0 Å². The number of primary sulfonamides is 1. The third kappa shape index (κ3) is 6.10. The number of urea groups is 1. The minimum Gasteiger partial charge on any atom is -0.336 e. The maximum atomic E-state index is 12.0. The molecule has 0 radical (unpaired) electrons. The first-order valence-corrected chi connectivity index (χ1v) is 9.57. The normalized spacial score (nSPS) is 13.1. The summed E-state index contributed by atoms with van der Waals surface area (Å²) in [6.45, 7) is 4.84. The molecule has 0 unspecified atom stereocenters. The fourth-order valence-electron chi connectivity index (χ4n) is 2.70. The Morgan fingerprint density at radius 1 is 1.17 bits per heavy atom. The van der Waals surface area contributed by atoms with E-state index in [1.54, 1.807) is 0 Å². The van der Waals surface area contributed by atoms with Crippen molar-refractivity contribution in [2.45, 2.75) is 37.6 Å². The first-order chi connectivity index (χ1) is 11.2. The molecule has 1 aromatic rings. The van der Waals surface area contributed by atoms with E-state index >= 15 is 0 Å². The smallest absolute Gasteiger partial charge is 0.319 e. The highest BCUT2D eigenvalue weighted by Crippen LogP contribution is 2.16. The van der Waals surface area contributed by atoms with E-state index in [-0.39, 0.29) is 17.0 Å². The Bertz CT molecular complexity index is 625. The molecule has 0 aliphatic heterocycles. The molecule has 2 amide bonds. The quantitative estimate of drug-likeness (QED) is 0.661. The van der Waals surface area contributed by atoms with Gasteiger partial charge in [-0.05, 0) is 44.3 Å². The van der Waals surface area contributed by atoms with Gasteiger partial charge in [0.15, 0.2) is 0 Å². The van der Waals surface area contributed by atoms with E-state index in [0.717, 1.165) is 12.8 Å². The van der Waals surface area contributed by atoms with Crippen LogP contribution in [-0.4, -0.2) is 46.0 Å². The van der Waals surface area contributed by atoms with Gasteiger partial charge in [0.2, 0.25) is 10.0 Å². The van der Waals surface area contributed by atoms with Crippen LogP contribution in [0.15, 0.2) is 29.2 Å². The molecule has 24 heavy (non-hydrogen) atoms. The third-order valence-corrected chi connectivity index (χ3v) is 5.10. The second kappa shape index (κ2) is 9.00. The SMILES string of the molecule is CCC(CC)[C@H](CNC(=O)Nc1ccc(S(N)(=O)=O)cc1)N(C)C. The number of benzene rings is 1. The number of likely N-dealkylation sites (N-methyl/N-ethyl adjacent to an activating group) is 1. The average molecular weight is 356 g/mol. The van der Waals surface area contributed by atoms with Crippen LogP contribution in [0.1, 0.15) is 26.7 Å². The van der Waals surface area contributed by atoms with E-state index in [1.165, 1.54) is 24.3 Å². The summed E-state index contributed by atoms with van der Waals surface area (Å²) in [5, 5.41) is 10.6. The molecule has 1 atom stereocenters. The number of sulfonamides is 1. The number of hydrogen-bond acceptors (Lipinski definition) is 4. The molecule has 0 spiro atoms. The standard InChI is InChI=1S/C16H28N4O3S/c1-5-12(6-2)15(20(3)4)11-18-16(21)19-13-7-9-14(10-8-13)24(17,22)23/h7-10,12,15H,5-6,11H2,1-4H3,(H2,17,22,23)(H2,18,19,21)/t15-/m0/s1. The molecular formula is C16H28N4O3S. The van der Waals surface area contributed by atoms with Gasteiger partial charge in [-0.3, -0.25) is 0 Å². The Morgan fingerprint density at radius 3 is 2.12 bits per heavy atom. The van der Waals surface area contributed by atoms with Crippen LogP contribution in [0.5, 0.6) is 0 Å². The number of hydrogen-bond donors (Lipinski definition) is 3. The molecule has 1 aromatic carbocycles. The number of nitrogens with zero attached hydrogens (tertiary/aromatic N) is 1. The molecule has 0 heterocycles. The van der Waals surface area contributed by atoms with Gasteiger partial charge in [0.1, 0.15) is 0 Å². The summed E-state index contributed by atoms with van der Waals surface area (Å²) < 4.78 is 22.4. The van der Waals surface area contributed by atoms with Crippen LogP contribution in [0.4, 0.5) is 10.5 Å². The Kier molecular flexibility index (Phi) is 7.65. The van der Waals surface area contributed by atoms with Crippen LogP contribution in [0.2, 0.25) is 0 Å². The maximum absolute atomic E-state index is 12.0. The van der Waals surface area contributed by atoms with E-state index < -0.39 is 10.0 Å². The van der Waals surface area contributed by atoms with Crippen molar-refractivity contribution in [2.75, 3.05) is 26.0 Å². The van der Waals surface area contributed by atoms with Crippen LogP contribution < -0.4 is 15.8 Å². The Hall–Kier alpha value is -1.64. The molecule has 0 saturated heterocycles. The summed E-state index contributed by atoms with van der Waals surface area (Å²) in [4.78, 5) is 14.2. The summed E-state index contributed by atoms with van der Waals surface area (Å²) in [6, 6.07) is 5.66. The molecule has 0 aromatic heterocycles. The molecule has 1 rings (SSSR count). The maximum Gasteiger partial charge on any atom is 0.319 e. The predicted molar refractivity (Wildman–Crippen MR) is 96.4 cm³/mol. The minimum absolute atomic E-state index is 0.00913. The summed E-state index contributed by atoms with van der Waals surface area (Å²) in [5.74, 6) is 0.509. The average Bonchev–Trinajstić information content (AvgIpc) is 2.50. The number of rotatable bonds is 8. The first-order valence-electron chi connectivity index (χ1n) is 8.03. The highest BCUT2D eigenvalue weighted by Gasteiger charge is 2.21. The first kappa shape index (κ1) is 20.4. The van der Waals surface area contributed by atoms with Gasteiger partial charge in [-0.1, -0.05) is 26.7 Å². The summed E-state index contributed by atoms with van der Waals surface area (Å²) in [5.41, 5.74) is 0.504. The number of anilines is 1. The lowest BCUT2D eigenvalue weighted by molar-refractivity contribution is 0.193. The van der Waals surface area contributed by atoms with Gasteiger partial charge in [0.05, 0.1) is 4.90 Å². The fourth-order valence-corrected chi connectivity index (χ4v) is 3.22. The lowest BCUT2D eigenvalue weighted by Gasteiger charge is -2.31. The van der Waals surface area contributed by atoms with Gasteiger partial charge >= 0.3 is 6.03 Å². The Morgan fingerprint density at radius 2 is 1.71 bits per heavy atom. The number of nitrogens with one attached hydrogen (secondary N) is 2. The molecule has 7 nitrogen and oxygen atoms in total. The van der Waals surface area contributed by atoms with Crippen LogP contribution >= 0.6 is 0 Å². The summed E-state index contributed by atoms with van der Waals surface area (Å²) in [7, 11) is 0.289. The molecule has 8 heteroatoms. The van der Waals surface area contributed by atoms with Gasteiger partial charge in [-0.2, -0.15) is 0 Å². The van der Waals surface area contributed by atoms with Crippen molar-refractivity contribution in [3.05, 3.63) is 24.3 Å². The molecule has 0 aliphatic rings. The highest BCUT2D eigenvalue weighted by molar-refractivity contribution is 7.89. The number of amides is 2. The Labute approximate surface area is 144 Å². The molecule has 0 saturated carbocycles. The van der Waals surface area contributed by atoms with E-state index in [1.807, 2.05) is 14.1 Å². The number of carbonyl (C=O) groups is 1. The van der Waals surface area contributed by atoms with Crippen LogP contribution in [0.25, 0.3) is 0 Å². The topological polar surface area (TPSA) is 105 Å². The second-order valence-electron chi connectivity index (χ2n) is 6.01. The van der Waals surface area contributed by atoms with Gasteiger partial charge in [0.25, 0.3) is 0 Å². The summed E-state index contributed by atoms with van der Waals surface area (Å²) >= 11 is 0. The molecule has 136 valence electrons. The molecule has 0 fully saturated rings. The van der Waals surface area contributed by atoms with Crippen LogP contribution in [0.3, 0.4) is 0 Å². The zero-order chi connectivity index (χ0) is 18.3. The molecular weight excluding hydrogens is 328 g/mol. The zero-order valence-electron chi connectivity index (χ0n) is 14.7. The van der Waals surface area contributed by atoms with E-state index in [4.69, 9.17) is 5.14 Å². The Balaban J connectivity index is 2.62. The van der Waals surface area contributed by atoms with Gasteiger partial charge in [-0.15, -0.1) is 0 Å². The van der Waals surface area contributed by atoms with Gasteiger partial charge in [-0.25, -0.2) is 18.4 Å². The lowest BCUT2D eigenvalue weighted by atomic mass is 9.93. The lowest BCUT2D eigenvalue weighted by Crippen LogP contribution is -2.45. The number of nitrogens with two attached hydrogens (primary N) is 1. The number of carbonyl (C=O) groups excluding carboxylic acids is 1. The molecule has 4 N–H and O–H groups in total. The van der Waals surface area contributed by atoms with Crippen LogP contribution in [0, 0.1) is 5.92 Å². The van der Waals surface area contributed by atoms with Crippen molar-refractivity contribution in [1.82, 2.24) is 10.2 Å². The summed E-state index contributed by atoms with van der Waals surface area (Å²) in [6.07, 6.45) is 2.11.